The van der Waals surface area contributed by atoms with Crippen LogP contribution in [0.4, 0.5) is 0 Å². The molecule has 0 radical (unpaired) electrons. The zero-order valence-corrected chi connectivity index (χ0v) is 7.13. The van der Waals surface area contributed by atoms with Crippen molar-refractivity contribution in [3.05, 3.63) is 0 Å². The van der Waals surface area contributed by atoms with Crippen LogP contribution in [0, 0.1) is 29.1 Å². The van der Waals surface area contributed by atoms with Crippen molar-refractivity contribution in [3.63, 3.8) is 0 Å². The minimum atomic E-state index is 0.405. The minimum Gasteiger partial charge on any atom is -0.396 e. The summed E-state index contributed by atoms with van der Waals surface area (Å²) in [4.78, 5) is 0. The molecule has 0 aromatic carbocycles. The number of alkyl halides is 1. The van der Waals surface area contributed by atoms with Crippen molar-refractivity contribution in [2.24, 2.45) is 29.1 Å². The first kappa shape index (κ1) is 5.15. The third kappa shape index (κ3) is 0.199. The summed E-state index contributed by atoms with van der Waals surface area (Å²) in [5.41, 5.74) is 0.405. The second-order valence-corrected chi connectivity index (χ2v) is 5.78. The van der Waals surface area contributed by atoms with E-state index in [-0.39, 0.29) is 0 Å². The molecule has 5 fully saturated rings. The summed E-state index contributed by atoms with van der Waals surface area (Å²) < 4.78 is 0.462. The summed E-state index contributed by atoms with van der Waals surface area (Å²) >= 11 is 3.81. The first-order valence-corrected chi connectivity index (χ1v) is 4.87. The molecule has 0 aromatic heterocycles. The maximum Gasteiger partial charge on any atom is 0.0506 e. The molecule has 0 spiro atoms. The van der Waals surface area contributed by atoms with Crippen LogP contribution in [0.2, 0.25) is 0 Å². The summed E-state index contributed by atoms with van der Waals surface area (Å²) in [5.74, 6) is 3.83. The van der Waals surface area contributed by atoms with Crippen molar-refractivity contribution in [3.8, 4) is 0 Å². The van der Waals surface area contributed by atoms with Crippen LogP contribution in [0.3, 0.4) is 0 Å². The normalized spacial score (nSPS) is 85.8. The Morgan fingerprint density at radius 1 is 1.40 bits per heavy atom. The molecule has 0 amide bonds. The maximum atomic E-state index is 9.22. The molecule has 1 nitrogen and oxygen atoms in total. The van der Waals surface area contributed by atoms with E-state index in [1.807, 2.05) is 0 Å². The van der Waals surface area contributed by atoms with Crippen molar-refractivity contribution in [1.82, 2.24) is 0 Å². The van der Waals surface area contributed by atoms with Gasteiger partial charge in [0.2, 0.25) is 0 Å². The highest BCUT2D eigenvalue weighted by Gasteiger charge is 3.03. The summed E-state index contributed by atoms with van der Waals surface area (Å²) in [5, 5.41) is 9.22. The monoisotopic (exact) mass is 200 g/mol. The molecule has 5 rings (SSSR count). The number of rotatable bonds is 1. The minimum absolute atomic E-state index is 0.405. The number of hydrogen-bond acceptors (Lipinski definition) is 1. The summed E-state index contributed by atoms with van der Waals surface area (Å²) in [6, 6.07) is 0. The van der Waals surface area contributed by atoms with Crippen molar-refractivity contribution < 1.29 is 5.11 Å². The highest BCUT2D eigenvalue weighted by molar-refractivity contribution is 9.10. The van der Waals surface area contributed by atoms with Crippen LogP contribution in [0.25, 0.3) is 0 Å². The lowest BCUT2D eigenvalue weighted by Gasteiger charge is -2.29. The number of aliphatic hydroxyl groups is 1. The molecule has 2 heteroatoms. The van der Waals surface area contributed by atoms with E-state index in [0.29, 0.717) is 16.3 Å². The van der Waals surface area contributed by atoms with Crippen LogP contribution < -0.4 is 0 Å². The Morgan fingerprint density at radius 3 is 2.40 bits per heavy atom. The van der Waals surface area contributed by atoms with Gasteiger partial charge >= 0.3 is 0 Å². The predicted octanol–water partition coefficient (Wildman–Crippen LogP) is 1.01. The molecular weight excluding hydrogens is 192 g/mol. The van der Waals surface area contributed by atoms with E-state index < -0.39 is 0 Å². The first-order chi connectivity index (χ1) is 4.78. The standard InChI is InChI=1S/C8H9BrO/c9-8-4-1-3-5(6(4)8)7(3,8)2-10/h3-6,10H,1-2H2. The van der Waals surface area contributed by atoms with E-state index in [0.717, 1.165) is 23.7 Å². The van der Waals surface area contributed by atoms with Gasteiger partial charge < -0.3 is 5.11 Å². The molecular formula is C8H9BrO. The lowest BCUT2D eigenvalue weighted by molar-refractivity contribution is 0.146. The fourth-order valence-corrected chi connectivity index (χ4v) is 6.10. The lowest BCUT2D eigenvalue weighted by Crippen LogP contribution is -2.34. The Kier molecular flexibility index (Phi) is 0.495. The number of hydrogen-bond donors (Lipinski definition) is 1. The van der Waals surface area contributed by atoms with Gasteiger partial charge in [-0.2, -0.15) is 0 Å². The molecule has 5 saturated carbocycles. The van der Waals surface area contributed by atoms with Crippen molar-refractivity contribution in [2.45, 2.75) is 10.7 Å². The zero-order valence-electron chi connectivity index (χ0n) is 5.55. The van der Waals surface area contributed by atoms with Gasteiger partial charge in [-0.15, -0.1) is 0 Å². The van der Waals surface area contributed by atoms with Gasteiger partial charge in [0.1, 0.15) is 0 Å². The summed E-state index contributed by atoms with van der Waals surface area (Å²) in [6.07, 6.45) is 1.42. The van der Waals surface area contributed by atoms with E-state index in [9.17, 15) is 5.11 Å². The van der Waals surface area contributed by atoms with Gasteiger partial charge in [0, 0.05) is 9.74 Å². The Labute approximate surface area is 67.9 Å². The maximum absolute atomic E-state index is 9.22. The topological polar surface area (TPSA) is 20.2 Å². The van der Waals surface area contributed by atoms with Gasteiger partial charge in [-0.05, 0) is 30.1 Å². The van der Waals surface area contributed by atoms with E-state index in [1.54, 1.807) is 0 Å². The molecule has 0 heterocycles. The van der Waals surface area contributed by atoms with Gasteiger partial charge in [0.15, 0.2) is 0 Å². The second-order valence-electron chi connectivity index (χ2n) is 4.47. The lowest BCUT2D eigenvalue weighted by atomic mass is 9.85. The van der Waals surface area contributed by atoms with Crippen LogP contribution in [-0.2, 0) is 0 Å². The first-order valence-electron chi connectivity index (χ1n) is 4.08. The van der Waals surface area contributed by atoms with Gasteiger partial charge in [0.05, 0.1) is 6.61 Å². The quantitative estimate of drug-likeness (QED) is 0.627. The molecule has 5 aliphatic rings. The van der Waals surface area contributed by atoms with Gasteiger partial charge in [-0.1, -0.05) is 15.9 Å². The molecule has 2 bridgehead atoms. The fraction of sp³-hybridized carbons (Fsp3) is 1.00. The van der Waals surface area contributed by atoms with E-state index in [2.05, 4.69) is 15.9 Å². The fourth-order valence-electron chi connectivity index (χ4n) is 4.48. The van der Waals surface area contributed by atoms with Crippen LogP contribution in [-0.4, -0.2) is 16.0 Å². The third-order valence-electron chi connectivity index (χ3n) is 4.80. The Morgan fingerprint density at radius 2 is 2.20 bits per heavy atom. The molecule has 54 valence electrons. The average Bonchev–Trinajstić information content (AvgIpc) is 2.50. The van der Waals surface area contributed by atoms with Gasteiger partial charge in [-0.3, -0.25) is 0 Å². The Hall–Kier alpha value is 0.440. The predicted molar refractivity (Wildman–Crippen MR) is 39.8 cm³/mol. The second kappa shape index (κ2) is 0.962. The van der Waals surface area contributed by atoms with Crippen molar-refractivity contribution >= 4 is 15.9 Å². The summed E-state index contributed by atoms with van der Waals surface area (Å²) in [7, 11) is 0. The van der Waals surface area contributed by atoms with E-state index in [4.69, 9.17) is 0 Å². The smallest absolute Gasteiger partial charge is 0.0506 e. The molecule has 1 N–H and O–H groups in total. The SMILES string of the molecule is OCC12C3CC4C(C31)C42Br. The summed E-state index contributed by atoms with van der Waals surface area (Å²) in [6.45, 7) is 0.445. The van der Waals surface area contributed by atoms with E-state index in [1.165, 1.54) is 6.42 Å². The van der Waals surface area contributed by atoms with Crippen LogP contribution in [0.1, 0.15) is 6.42 Å². The highest BCUT2D eigenvalue weighted by Crippen LogP contribution is 3.02. The molecule has 10 heavy (non-hydrogen) atoms. The average molecular weight is 201 g/mol. The van der Waals surface area contributed by atoms with Crippen molar-refractivity contribution in [1.29, 1.82) is 0 Å². The molecule has 0 aromatic rings. The Bertz CT molecular complexity index is 242. The van der Waals surface area contributed by atoms with Crippen LogP contribution in [0.5, 0.6) is 0 Å². The van der Waals surface area contributed by atoms with Crippen molar-refractivity contribution in [2.75, 3.05) is 6.61 Å². The molecule has 6 atom stereocenters. The van der Waals surface area contributed by atoms with Gasteiger partial charge in [-0.25, -0.2) is 0 Å². The molecule has 0 aliphatic heterocycles. The van der Waals surface area contributed by atoms with Crippen LogP contribution >= 0.6 is 15.9 Å². The van der Waals surface area contributed by atoms with Gasteiger partial charge in [0.25, 0.3) is 0 Å². The van der Waals surface area contributed by atoms with Crippen LogP contribution in [0.15, 0.2) is 0 Å². The number of aliphatic hydroxyl groups excluding tert-OH is 1. The largest absolute Gasteiger partial charge is 0.396 e. The number of halogens is 1. The molecule has 5 aliphatic carbocycles. The highest BCUT2D eigenvalue weighted by atomic mass is 79.9. The Balaban J connectivity index is 1.96. The molecule has 6 unspecified atom stereocenters. The molecule has 0 saturated heterocycles. The zero-order chi connectivity index (χ0) is 6.72. The third-order valence-corrected chi connectivity index (χ3v) is 6.65. The van der Waals surface area contributed by atoms with E-state index >= 15 is 0 Å².